The fourth-order valence-corrected chi connectivity index (χ4v) is 4.74. The number of anilines is 2. The van der Waals surface area contributed by atoms with Crippen molar-refractivity contribution in [1.29, 1.82) is 0 Å². The summed E-state index contributed by atoms with van der Waals surface area (Å²) in [6.07, 6.45) is 5.80. The van der Waals surface area contributed by atoms with Gasteiger partial charge in [0, 0.05) is 48.0 Å². The number of ether oxygens (including phenoxy) is 1. The summed E-state index contributed by atoms with van der Waals surface area (Å²) >= 11 is 0. The van der Waals surface area contributed by atoms with E-state index in [4.69, 9.17) is 9.72 Å². The Kier molecular flexibility index (Phi) is 8.03. The average molecular weight is 511 g/mol. The van der Waals surface area contributed by atoms with Gasteiger partial charge in [0.25, 0.3) is 0 Å². The van der Waals surface area contributed by atoms with E-state index >= 15 is 0 Å². The van der Waals surface area contributed by atoms with Gasteiger partial charge in [-0.3, -0.25) is 0 Å². The molecule has 1 saturated heterocycles. The summed E-state index contributed by atoms with van der Waals surface area (Å²) in [5, 5.41) is 12.7. The van der Waals surface area contributed by atoms with Crippen LogP contribution in [0.25, 0.3) is 22.0 Å². The number of piperidine rings is 1. The van der Waals surface area contributed by atoms with E-state index in [2.05, 4.69) is 83.9 Å². The highest BCUT2D eigenvalue weighted by atomic mass is 16.5. The number of nitrogens with one attached hydrogen (secondary N) is 3. The van der Waals surface area contributed by atoms with Gasteiger partial charge in [-0.2, -0.15) is 0 Å². The molecule has 0 amide bonds. The van der Waals surface area contributed by atoms with Crippen molar-refractivity contribution >= 4 is 22.4 Å². The Bertz CT molecular complexity index is 1380. The van der Waals surface area contributed by atoms with Gasteiger partial charge in [-0.05, 0) is 68.0 Å². The smallest absolute Gasteiger partial charge is 0.228 e. The first kappa shape index (κ1) is 25.9. The zero-order valence-corrected chi connectivity index (χ0v) is 22.8. The number of fused-ring (bicyclic) bond motifs is 1. The SMILES string of the molecule is Cc1ccc2c(NC[C@H](C)C(C)C)cccc2c1Oc1ncccc1-c1ccnc(N[C@H]2CCCNC2)n1. The van der Waals surface area contributed by atoms with E-state index in [1.165, 1.54) is 0 Å². The molecule has 0 aliphatic carbocycles. The molecule has 4 aromatic rings. The number of pyridine rings is 1. The largest absolute Gasteiger partial charge is 0.437 e. The quantitative estimate of drug-likeness (QED) is 0.232. The van der Waals surface area contributed by atoms with Crippen molar-refractivity contribution in [3.8, 4) is 22.9 Å². The Labute approximate surface area is 225 Å². The zero-order chi connectivity index (χ0) is 26.5. The van der Waals surface area contributed by atoms with Crippen molar-refractivity contribution in [1.82, 2.24) is 20.3 Å². The molecule has 1 aliphatic rings. The van der Waals surface area contributed by atoms with Crippen LogP contribution in [-0.4, -0.2) is 40.6 Å². The number of nitrogens with zero attached hydrogens (tertiary/aromatic N) is 3. The number of aryl methyl sites for hydroxylation is 1. The molecule has 0 saturated carbocycles. The van der Waals surface area contributed by atoms with E-state index in [0.29, 0.717) is 29.7 Å². The second-order valence-corrected chi connectivity index (χ2v) is 10.6. The van der Waals surface area contributed by atoms with Crippen LogP contribution in [-0.2, 0) is 0 Å². The van der Waals surface area contributed by atoms with E-state index in [0.717, 1.165) is 71.5 Å². The van der Waals surface area contributed by atoms with Gasteiger partial charge in [0.15, 0.2) is 0 Å². The molecule has 38 heavy (non-hydrogen) atoms. The number of hydrogen-bond donors (Lipinski definition) is 3. The van der Waals surface area contributed by atoms with Crippen LogP contribution in [0.3, 0.4) is 0 Å². The summed E-state index contributed by atoms with van der Waals surface area (Å²) in [6, 6.07) is 16.8. The summed E-state index contributed by atoms with van der Waals surface area (Å²) in [5.74, 6) is 3.16. The molecule has 0 spiro atoms. The molecular weight excluding hydrogens is 472 g/mol. The maximum absolute atomic E-state index is 6.59. The van der Waals surface area contributed by atoms with Crippen molar-refractivity contribution in [3.63, 3.8) is 0 Å². The predicted octanol–water partition coefficient (Wildman–Crippen LogP) is 6.66. The monoisotopic (exact) mass is 510 g/mol. The summed E-state index contributed by atoms with van der Waals surface area (Å²) < 4.78 is 6.59. The van der Waals surface area contributed by atoms with Gasteiger partial charge in [0.2, 0.25) is 11.8 Å². The Morgan fingerprint density at radius 3 is 2.71 bits per heavy atom. The fraction of sp³-hybridized carbons (Fsp3) is 0.387. The molecule has 0 unspecified atom stereocenters. The molecule has 0 bridgehead atoms. The molecule has 2 aromatic carbocycles. The van der Waals surface area contributed by atoms with Gasteiger partial charge in [-0.25, -0.2) is 15.0 Å². The third-order valence-electron chi connectivity index (χ3n) is 7.49. The maximum Gasteiger partial charge on any atom is 0.228 e. The Hall–Kier alpha value is -3.71. The first-order chi connectivity index (χ1) is 18.5. The van der Waals surface area contributed by atoms with E-state index in [-0.39, 0.29) is 0 Å². The Morgan fingerprint density at radius 1 is 1.00 bits per heavy atom. The minimum atomic E-state index is 0.327. The van der Waals surface area contributed by atoms with Crippen molar-refractivity contribution in [2.75, 3.05) is 30.3 Å². The topological polar surface area (TPSA) is 84.0 Å². The summed E-state index contributed by atoms with van der Waals surface area (Å²) in [7, 11) is 0. The molecule has 7 heteroatoms. The Morgan fingerprint density at radius 2 is 1.89 bits per heavy atom. The van der Waals surface area contributed by atoms with Crippen molar-refractivity contribution in [2.24, 2.45) is 11.8 Å². The summed E-state index contributed by atoms with van der Waals surface area (Å²) in [5.41, 5.74) is 3.77. The van der Waals surface area contributed by atoms with Gasteiger partial charge in [-0.1, -0.05) is 45.0 Å². The van der Waals surface area contributed by atoms with Crippen LogP contribution in [0.2, 0.25) is 0 Å². The van der Waals surface area contributed by atoms with Crippen LogP contribution in [0, 0.1) is 18.8 Å². The lowest BCUT2D eigenvalue weighted by Gasteiger charge is -2.23. The van der Waals surface area contributed by atoms with E-state index in [9.17, 15) is 0 Å². The minimum absolute atomic E-state index is 0.327. The second-order valence-electron chi connectivity index (χ2n) is 10.6. The third-order valence-corrected chi connectivity index (χ3v) is 7.49. The molecule has 1 fully saturated rings. The van der Waals surface area contributed by atoms with Gasteiger partial charge >= 0.3 is 0 Å². The molecule has 198 valence electrons. The molecular formula is C31H38N6O. The Balaban J connectivity index is 1.45. The highest BCUT2D eigenvalue weighted by Crippen LogP contribution is 2.38. The predicted molar refractivity (Wildman–Crippen MR) is 156 cm³/mol. The van der Waals surface area contributed by atoms with Gasteiger partial charge in [0.05, 0.1) is 11.3 Å². The van der Waals surface area contributed by atoms with Gasteiger partial charge < -0.3 is 20.7 Å². The number of hydrogen-bond acceptors (Lipinski definition) is 7. The minimum Gasteiger partial charge on any atom is -0.437 e. The summed E-state index contributed by atoms with van der Waals surface area (Å²) in [6.45, 7) is 11.8. The maximum atomic E-state index is 6.59. The van der Waals surface area contributed by atoms with Crippen LogP contribution in [0.15, 0.2) is 60.9 Å². The lowest BCUT2D eigenvalue weighted by Crippen LogP contribution is -2.38. The van der Waals surface area contributed by atoms with E-state index in [1.807, 2.05) is 18.2 Å². The zero-order valence-electron chi connectivity index (χ0n) is 22.8. The summed E-state index contributed by atoms with van der Waals surface area (Å²) in [4.78, 5) is 13.9. The number of rotatable bonds is 9. The highest BCUT2D eigenvalue weighted by Gasteiger charge is 2.17. The molecule has 3 N–H and O–H groups in total. The average Bonchev–Trinajstić information content (AvgIpc) is 2.94. The highest BCUT2D eigenvalue weighted by molar-refractivity contribution is 5.98. The lowest BCUT2D eigenvalue weighted by molar-refractivity contribution is 0.440. The second kappa shape index (κ2) is 11.8. The van der Waals surface area contributed by atoms with E-state index < -0.39 is 0 Å². The normalized spacial score (nSPS) is 16.4. The van der Waals surface area contributed by atoms with Crippen LogP contribution >= 0.6 is 0 Å². The molecule has 1 aliphatic heterocycles. The fourth-order valence-electron chi connectivity index (χ4n) is 4.74. The van der Waals surface area contributed by atoms with Crippen molar-refractivity contribution < 1.29 is 4.74 Å². The van der Waals surface area contributed by atoms with Crippen LogP contribution < -0.4 is 20.7 Å². The number of benzene rings is 2. The molecule has 0 radical (unpaired) electrons. The van der Waals surface area contributed by atoms with Crippen molar-refractivity contribution in [3.05, 3.63) is 66.5 Å². The molecule has 5 rings (SSSR count). The van der Waals surface area contributed by atoms with Crippen LogP contribution in [0.1, 0.15) is 39.2 Å². The standard InChI is InChI=1S/C31H38N6O/c1-20(2)22(4)18-35-27-11-5-9-25-24(27)13-12-21(3)29(25)38-30-26(10-7-16-33-30)28-14-17-34-31(37-28)36-23-8-6-15-32-19-23/h5,7,9-14,16-17,20,22-23,32,35H,6,8,15,18-19H2,1-4H3,(H,34,36,37)/t22-,23-/m0/s1. The lowest BCUT2D eigenvalue weighted by atomic mass is 9.98. The van der Waals surface area contributed by atoms with Crippen LogP contribution in [0.4, 0.5) is 11.6 Å². The molecule has 2 atom stereocenters. The molecule has 7 nitrogen and oxygen atoms in total. The first-order valence-electron chi connectivity index (χ1n) is 13.7. The van der Waals surface area contributed by atoms with Crippen molar-refractivity contribution in [2.45, 2.75) is 46.6 Å². The molecule has 3 heterocycles. The van der Waals surface area contributed by atoms with Gasteiger partial charge in [-0.15, -0.1) is 0 Å². The molecule has 2 aromatic heterocycles. The van der Waals surface area contributed by atoms with Gasteiger partial charge in [0.1, 0.15) is 5.75 Å². The third kappa shape index (κ3) is 5.89. The first-order valence-corrected chi connectivity index (χ1v) is 13.7. The van der Waals surface area contributed by atoms with E-state index in [1.54, 1.807) is 12.4 Å². The number of aromatic nitrogens is 3. The van der Waals surface area contributed by atoms with Crippen LogP contribution in [0.5, 0.6) is 11.6 Å².